The van der Waals surface area contributed by atoms with E-state index in [1.54, 1.807) is 6.92 Å². The number of aliphatic hydroxyl groups excluding tert-OH is 3. The van der Waals surface area contributed by atoms with Crippen molar-refractivity contribution >= 4 is 11.6 Å². The third-order valence-corrected chi connectivity index (χ3v) is 5.69. The lowest BCUT2D eigenvalue weighted by Gasteiger charge is -2.21. The van der Waals surface area contributed by atoms with Crippen LogP contribution in [0.15, 0.2) is 12.2 Å². The Labute approximate surface area is 153 Å². The number of unbranched alkanes of at least 4 members (excludes halogenated alkanes) is 4. The molecule has 1 aliphatic rings. The Morgan fingerprint density at radius 2 is 1.79 bits per heavy atom. The Hall–Kier alpha value is -0.0900. The van der Waals surface area contributed by atoms with E-state index >= 15 is 0 Å². The van der Waals surface area contributed by atoms with Crippen molar-refractivity contribution < 1.29 is 15.3 Å². The highest BCUT2D eigenvalue weighted by Gasteiger charge is 2.39. The molecule has 0 aromatic rings. The Kier molecular flexibility index (Phi) is 11.2. The first-order valence-electron chi connectivity index (χ1n) is 9.82. The molecule has 1 saturated carbocycles. The Bertz CT molecular complexity index is 346. The molecule has 1 aliphatic carbocycles. The molecule has 0 saturated heterocycles. The third kappa shape index (κ3) is 8.33. The van der Waals surface area contributed by atoms with Gasteiger partial charge in [0, 0.05) is 11.3 Å². The van der Waals surface area contributed by atoms with E-state index < -0.39 is 12.2 Å². The fourth-order valence-corrected chi connectivity index (χ4v) is 4.17. The van der Waals surface area contributed by atoms with Crippen LogP contribution in [-0.4, -0.2) is 39.0 Å². The van der Waals surface area contributed by atoms with Crippen molar-refractivity contribution in [1.82, 2.24) is 0 Å². The van der Waals surface area contributed by atoms with E-state index in [2.05, 4.69) is 6.92 Å². The highest BCUT2D eigenvalue weighted by Crippen LogP contribution is 2.40. The van der Waals surface area contributed by atoms with Gasteiger partial charge in [-0.3, -0.25) is 0 Å². The van der Waals surface area contributed by atoms with E-state index in [1.165, 1.54) is 32.1 Å². The molecule has 0 aromatic carbocycles. The van der Waals surface area contributed by atoms with Gasteiger partial charge in [0.25, 0.3) is 0 Å². The van der Waals surface area contributed by atoms with Crippen LogP contribution < -0.4 is 0 Å². The molecule has 0 heterocycles. The summed E-state index contributed by atoms with van der Waals surface area (Å²) in [5, 5.41) is 29.6. The van der Waals surface area contributed by atoms with Crippen LogP contribution in [0.1, 0.15) is 78.1 Å². The van der Waals surface area contributed by atoms with Gasteiger partial charge in [0.2, 0.25) is 0 Å². The second kappa shape index (κ2) is 12.3. The van der Waals surface area contributed by atoms with Crippen molar-refractivity contribution in [2.45, 2.75) is 102 Å². The maximum absolute atomic E-state index is 10.3. The molecule has 142 valence electrons. The van der Waals surface area contributed by atoms with E-state index in [4.69, 9.17) is 11.6 Å². The summed E-state index contributed by atoms with van der Waals surface area (Å²) < 4.78 is 0. The van der Waals surface area contributed by atoms with Crippen molar-refractivity contribution in [2.75, 3.05) is 0 Å². The fourth-order valence-electron chi connectivity index (χ4n) is 3.69. The lowest BCUT2D eigenvalue weighted by atomic mass is 9.88. The van der Waals surface area contributed by atoms with Crippen molar-refractivity contribution in [1.29, 1.82) is 0 Å². The van der Waals surface area contributed by atoms with E-state index in [1.807, 2.05) is 12.2 Å². The lowest BCUT2D eigenvalue weighted by molar-refractivity contribution is 0.138. The van der Waals surface area contributed by atoms with Crippen LogP contribution in [0.2, 0.25) is 0 Å². The maximum atomic E-state index is 10.3. The predicted octanol–water partition coefficient (Wildman–Crippen LogP) is 4.42. The van der Waals surface area contributed by atoms with Gasteiger partial charge in [0.1, 0.15) is 0 Å². The van der Waals surface area contributed by atoms with Gasteiger partial charge in [-0.15, -0.1) is 11.6 Å². The minimum absolute atomic E-state index is 0.0354. The Balaban J connectivity index is 2.42. The van der Waals surface area contributed by atoms with Gasteiger partial charge in [-0.1, -0.05) is 51.2 Å². The SMILES string of the molecule is CCCCCCC[C@@H]1[C@@H](/C=C/[C@H](O)CCC[C@@H](C)O)[C@H](O)C[C@H]1Cl. The molecular weight excluding hydrogens is 324 g/mol. The monoisotopic (exact) mass is 360 g/mol. The molecule has 24 heavy (non-hydrogen) atoms. The van der Waals surface area contributed by atoms with Crippen molar-refractivity contribution in [3.63, 3.8) is 0 Å². The molecule has 0 amide bonds. The summed E-state index contributed by atoms with van der Waals surface area (Å²) >= 11 is 6.46. The topological polar surface area (TPSA) is 60.7 Å². The van der Waals surface area contributed by atoms with Crippen LogP contribution in [0.25, 0.3) is 0 Å². The van der Waals surface area contributed by atoms with Crippen LogP contribution in [-0.2, 0) is 0 Å². The first-order chi connectivity index (χ1) is 11.5. The van der Waals surface area contributed by atoms with E-state index in [0.717, 1.165) is 12.8 Å². The van der Waals surface area contributed by atoms with E-state index in [-0.39, 0.29) is 17.4 Å². The lowest BCUT2D eigenvalue weighted by Crippen LogP contribution is -2.19. The normalized spacial score (nSPS) is 30.1. The first kappa shape index (κ1) is 22.0. The Morgan fingerprint density at radius 1 is 1.08 bits per heavy atom. The summed E-state index contributed by atoms with van der Waals surface area (Å²) in [4.78, 5) is 0. The van der Waals surface area contributed by atoms with Gasteiger partial charge in [0.05, 0.1) is 18.3 Å². The fraction of sp³-hybridized carbons (Fsp3) is 0.900. The van der Waals surface area contributed by atoms with Gasteiger partial charge in [-0.2, -0.15) is 0 Å². The van der Waals surface area contributed by atoms with E-state index in [0.29, 0.717) is 25.2 Å². The number of alkyl halides is 1. The molecule has 0 aromatic heterocycles. The number of rotatable bonds is 12. The number of aliphatic hydroxyl groups is 3. The molecule has 0 radical (unpaired) electrons. The molecule has 1 fully saturated rings. The summed E-state index contributed by atoms with van der Waals surface area (Å²) in [5.74, 6) is 0.370. The third-order valence-electron chi connectivity index (χ3n) is 5.19. The second-order valence-corrected chi connectivity index (χ2v) is 8.06. The summed E-state index contributed by atoms with van der Waals surface area (Å²) in [7, 11) is 0. The van der Waals surface area contributed by atoms with Crippen molar-refractivity contribution in [3.05, 3.63) is 12.2 Å². The molecule has 6 atom stereocenters. The van der Waals surface area contributed by atoms with Gasteiger partial charge >= 0.3 is 0 Å². The predicted molar refractivity (Wildman–Crippen MR) is 101 cm³/mol. The minimum atomic E-state index is -0.504. The minimum Gasteiger partial charge on any atom is -0.393 e. The molecule has 0 unspecified atom stereocenters. The molecule has 0 spiro atoms. The zero-order valence-corrected chi connectivity index (χ0v) is 16.2. The highest BCUT2D eigenvalue weighted by molar-refractivity contribution is 6.21. The standard InChI is InChI=1S/C20H37ClO3/c1-3-4-5-6-7-11-17-18(20(24)14-19(17)21)13-12-16(23)10-8-9-15(2)22/h12-13,15-20,22-24H,3-11,14H2,1-2H3/b13-12+/t15-,16-,17-,18-,19-,20-/m1/s1. The van der Waals surface area contributed by atoms with Gasteiger partial charge in [-0.05, 0) is 44.9 Å². The summed E-state index contributed by atoms with van der Waals surface area (Å²) in [6.07, 6.45) is 12.7. The van der Waals surface area contributed by atoms with Crippen molar-refractivity contribution in [3.8, 4) is 0 Å². The molecule has 4 heteroatoms. The van der Waals surface area contributed by atoms with E-state index in [9.17, 15) is 15.3 Å². The zero-order chi connectivity index (χ0) is 17.9. The summed E-state index contributed by atoms with van der Waals surface area (Å²) in [6, 6.07) is 0. The molecule has 0 bridgehead atoms. The molecule has 3 nitrogen and oxygen atoms in total. The van der Waals surface area contributed by atoms with Crippen LogP contribution in [0.3, 0.4) is 0 Å². The van der Waals surface area contributed by atoms with Crippen LogP contribution in [0.4, 0.5) is 0 Å². The number of halogens is 1. The van der Waals surface area contributed by atoms with Crippen LogP contribution in [0, 0.1) is 11.8 Å². The molecular formula is C20H37ClO3. The highest BCUT2D eigenvalue weighted by atomic mass is 35.5. The van der Waals surface area contributed by atoms with Crippen molar-refractivity contribution in [2.24, 2.45) is 11.8 Å². The molecule has 0 aliphatic heterocycles. The zero-order valence-electron chi connectivity index (χ0n) is 15.4. The molecule has 1 rings (SSSR count). The van der Waals surface area contributed by atoms with Gasteiger partial charge in [0.15, 0.2) is 0 Å². The quantitative estimate of drug-likeness (QED) is 0.274. The molecule has 3 N–H and O–H groups in total. The van der Waals surface area contributed by atoms with Gasteiger partial charge < -0.3 is 15.3 Å². The smallest absolute Gasteiger partial charge is 0.0721 e. The Morgan fingerprint density at radius 3 is 2.46 bits per heavy atom. The average Bonchev–Trinajstić information content (AvgIpc) is 2.78. The summed E-state index contributed by atoms with van der Waals surface area (Å²) in [6.45, 7) is 3.98. The maximum Gasteiger partial charge on any atom is 0.0721 e. The number of hydrogen-bond acceptors (Lipinski definition) is 3. The van der Waals surface area contributed by atoms with Gasteiger partial charge in [-0.25, -0.2) is 0 Å². The first-order valence-corrected chi connectivity index (χ1v) is 10.3. The number of hydrogen-bond donors (Lipinski definition) is 3. The summed E-state index contributed by atoms with van der Waals surface area (Å²) in [5.41, 5.74) is 0. The second-order valence-electron chi connectivity index (χ2n) is 7.50. The van der Waals surface area contributed by atoms with Crippen LogP contribution >= 0.6 is 11.6 Å². The largest absolute Gasteiger partial charge is 0.393 e. The average molecular weight is 361 g/mol. The van der Waals surface area contributed by atoms with Crippen LogP contribution in [0.5, 0.6) is 0 Å².